The third-order valence-electron chi connectivity index (χ3n) is 5.45. The molecule has 9 heteroatoms. The van der Waals surface area contributed by atoms with E-state index in [1.807, 2.05) is 49.4 Å². The zero-order valence-electron chi connectivity index (χ0n) is 18.9. The van der Waals surface area contributed by atoms with E-state index in [1.165, 1.54) is 17.1 Å². The minimum atomic E-state index is -0.222. The number of hydrogen-bond donors (Lipinski definition) is 2. The third-order valence-corrected chi connectivity index (χ3v) is 6.27. The predicted molar refractivity (Wildman–Crippen MR) is 132 cm³/mol. The lowest BCUT2D eigenvalue weighted by Crippen LogP contribution is -2.48. The smallest absolute Gasteiger partial charge is 0.319 e. The number of rotatable bonds is 9. The zero-order chi connectivity index (χ0) is 22.9. The number of carbonyl (C=O) groups excluding carboxylic acids is 1. The molecule has 0 atom stereocenters. The first-order valence-corrected chi connectivity index (χ1v) is 12.1. The molecular formula is C24H30N6O2S. The van der Waals surface area contributed by atoms with Crippen molar-refractivity contribution in [3.8, 4) is 5.75 Å². The number of hydrogen-bond acceptors (Lipinski definition) is 7. The molecule has 2 N–H and O–H groups in total. The first-order valence-electron chi connectivity index (χ1n) is 11.3. The summed E-state index contributed by atoms with van der Waals surface area (Å²) >= 11 is 1.47. The lowest BCUT2D eigenvalue weighted by atomic mass is 10.1. The van der Waals surface area contributed by atoms with Gasteiger partial charge in [0.05, 0.1) is 12.3 Å². The number of para-hydroxylation sites is 2. The normalized spacial score (nSPS) is 14.2. The van der Waals surface area contributed by atoms with Crippen LogP contribution in [0.5, 0.6) is 5.75 Å². The number of piperazine rings is 1. The van der Waals surface area contributed by atoms with Crippen LogP contribution < -0.4 is 20.3 Å². The van der Waals surface area contributed by atoms with E-state index in [9.17, 15) is 4.79 Å². The van der Waals surface area contributed by atoms with E-state index >= 15 is 0 Å². The first-order chi connectivity index (χ1) is 16.2. The van der Waals surface area contributed by atoms with Crippen LogP contribution in [-0.2, 0) is 6.42 Å². The Morgan fingerprint density at radius 1 is 1.06 bits per heavy atom. The van der Waals surface area contributed by atoms with Crippen LogP contribution in [0.1, 0.15) is 18.3 Å². The number of nitrogens with one attached hydrogen (secondary N) is 2. The molecule has 174 valence electrons. The van der Waals surface area contributed by atoms with Gasteiger partial charge in [-0.3, -0.25) is 4.90 Å². The van der Waals surface area contributed by atoms with Crippen molar-refractivity contribution in [2.24, 2.45) is 0 Å². The largest absolute Gasteiger partial charge is 0.492 e. The summed E-state index contributed by atoms with van der Waals surface area (Å²) in [5.41, 5.74) is 1.90. The van der Waals surface area contributed by atoms with E-state index in [4.69, 9.17) is 9.72 Å². The quantitative estimate of drug-likeness (QED) is 0.503. The Hall–Kier alpha value is -3.17. The van der Waals surface area contributed by atoms with E-state index in [1.54, 1.807) is 0 Å². The Morgan fingerprint density at radius 3 is 2.61 bits per heavy atom. The van der Waals surface area contributed by atoms with Gasteiger partial charge in [0.2, 0.25) is 5.13 Å². The third kappa shape index (κ3) is 6.66. The van der Waals surface area contributed by atoms with Gasteiger partial charge in [0.15, 0.2) is 0 Å². The highest BCUT2D eigenvalue weighted by molar-refractivity contribution is 7.09. The molecule has 2 amide bonds. The van der Waals surface area contributed by atoms with Gasteiger partial charge in [-0.2, -0.15) is 4.37 Å². The molecule has 1 aliphatic rings. The van der Waals surface area contributed by atoms with Crippen molar-refractivity contribution in [2.45, 2.75) is 13.3 Å². The van der Waals surface area contributed by atoms with Gasteiger partial charge in [0.25, 0.3) is 0 Å². The van der Waals surface area contributed by atoms with Crippen molar-refractivity contribution in [1.29, 1.82) is 0 Å². The number of nitrogens with zero attached hydrogens (tertiary/aromatic N) is 4. The summed E-state index contributed by atoms with van der Waals surface area (Å²) in [6.07, 6.45) is 0.764. The van der Waals surface area contributed by atoms with Crippen molar-refractivity contribution >= 4 is 28.4 Å². The van der Waals surface area contributed by atoms with Crippen molar-refractivity contribution in [1.82, 2.24) is 19.6 Å². The van der Waals surface area contributed by atoms with Crippen LogP contribution >= 0.6 is 11.5 Å². The Kier molecular flexibility index (Phi) is 8.10. The maximum Gasteiger partial charge on any atom is 0.319 e. The molecule has 3 aromatic rings. The summed E-state index contributed by atoms with van der Waals surface area (Å²) in [6.45, 7) is 7.56. The topological polar surface area (TPSA) is 82.6 Å². The lowest BCUT2D eigenvalue weighted by Gasteiger charge is -2.34. The summed E-state index contributed by atoms with van der Waals surface area (Å²) in [4.78, 5) is 21.7. The average molecular weight is 467 g/mol. The molecular weight excluding hydrogens is 436 g/mol. The van der Waals surface area contributed by atoms with E-state index in [0.29, 0.717) is 24.6 Å². The Bertz CT molecular complexity index is 1020. The SMILES string of the molecule is CCOc1ccccc1NC(=O)NCCN1CCN(c2nc(Cc3ccccc3)ns2)CC1. The van der Waals surface area contributed by atoms with E-state index < -0.39 is 0 Å². The van der Waals surface area contributed by atoms with Gasteiger partial charge in [0, 0.05) is 57.2 Å². The number of amides is 2. The van der Waals surface area contributed by atoms with Crippen LogP contribution in [0.3, 0.4) is 0 Å². The van der Waals surface area contributed by atoms with Crippen LogP contribution in [0.2, 0.25) is 0 Å². The summed E-state index contributed by atoms with van der Waals surface area (Å²) in [7, 11) is 0. The second-order valence-corrected chi connectivity index (χ2v) is 8.52. The zero-order valence-corrected chi connectivity index (χ0v) is 19.7. The predicted octanol–water partition coefficient (Wildman–Crippen LogP) is 3.47. The van der Waals surface area contributed by atoms with E-state index in [-0.39, 0.29) is 6.03 Å². The molecule has 0 radical (unpaired) electrons. The number of aromatic nitrogens is 2. The summed E-state index contributed by atoms with van der Waals surface area (Å²) in [6, 6.07) is 17.5. The molecule has 8 nitrogen and oxygen atoms in total. The number of ether oxygens (including phenoxy) is 1. The highest BCUT2D eigenvalue weighted by Gasteiger charge is 2.20. The second-order valence-electron chi connectivity index (χ2n) is 7.79. The van der Waals surface area contributed by atoms with Gasteiger partial charge >= 0.3 is 6.03 Å². The number of anilines is 2. The van der Waals surface area contributed by atoms with Crippen LogP contribution in [0, 0.1) is 0 Å². The molecule has 1 aromatic heterocycles. The molecule has 4 rings (SSSR count). The van der Waals surface area contributed by atoms with Crippen molar-refractivity contribution < 1.29 is 9.53 Å². The molecule has 2 aromatic carbocycles. The standard InChI is InChI=1S/C24H30N6O2S/c1-2-32-21-11-7-6-10-20(21)26-23(31)25-12-13-29-14-16-30(17-15-29)24-27-22(28-33-24)18-19-8-4-3-5-9-19/h3-11H,2,12-18H2,1H3,(H2,25,26,31). The average Bonchev–Trinajstić information content (AvgIpc) is 3.30. The monoisotopic (exact) mass is 466 g/mol. The Labute approximate surface area is 198 Å². The molecule has 33 heavy (non-hydrogen) atoms. The van der Waals surface area contributed by atoms with Gasteiger partial charge < -0.3 is 20.3 Å². The second kappa shape index (κ2) is 11.6. The van der Waals surface area contributed by atoms with Gasteiger partial charge in [0.1, 0.15) is 11.6 Å². The molecule has 1 aliphatic heterocycles. The number of carbonyl (C=O) groups is 1. The fraction of sp³-hybridized carbons (Fsp3) is 0.375. The highest BCUT2D eigenvalue weighted by Crippen LogP contribution is 2.23. The van der Waals surface area contributed by atoms with Crippen LogP contribution in [0.4, 0.5) is 15.6 Å². The van der Waals surface area contributed by atoms with Gasteiger partial charge in [-0.25, -0.2) is 9.78 Å². The Balaban J connectivity index is 1.17. The first kappa shape index (κ1) is 23.0. The van der Waals surface area contributed by atoms with Gasteiger partial charge in [-0.1, -0.05) is 42.5 Å². The molecule has 0 saturated carbocycles. The van der Waals surface area contributed by atoms with Crippen molar-refractivity contribution in [3.63, 3.8) is 0 Å². The molecule has 0 bridgehead atoms. The van der Waals surface area contributed by atoms with Crippen LogP contribution in [0.15, 0.2) is 54.6 Å². The van der Waals surface area contributed by atoms with Gasteiger partial charge in [-0.15, -0.1) is 0 Å². The maximum absolute atomic E-state index is 12.3. The van der Waals surface area contributed by atoms with Crippen molar-refractivity contribution in [3.05, 3.63) is 66.0 Å². The van der Waals surface area contributed by atoms with Crippen molar-refractivity contribution in [2.75, 3.05) is 56.1 Å². The van der Waals surface area contributed by atoms with E-state index in [2.05, 4.69) is 36.9 Å². The summed E-state index contributed by atoms with van der Waals surface area (Å²) in [5.74, 6) is 1.56. The fourth-order valence-electron chi connectivity index (χ4n) is 3.73. The van der Waals surface area contributed by atoms with E-state index in [0.717, 1.165) is 50.1 Å². The summed E-state index contributed by atoms with van der Waals surface area (Å²) < 4.78 is 10.1. The molecule has 1 saturated heterocycles. The lowest BCUT2D eigenvalue weighted by molar-refractivity contribution is 0.240. The molecule has 0 aliphatic carbocycles. The van der Waals surface area contributed by atoms with Gasteiger partial charge in [-0.05, 0) is 24.6 Å². The minimum Gasteiger partial charge on any atom is -0.492 e. The fourth-order valence-corrected chi connectivity index (χ4v) is 4.47. The van der Waals surface area contributed by atoms with Crippen LogP contribution in [0.25, 0.3) is 0 Å². The van der Waals surface area contributed by atoms with Crippen LogP contribution in [-0.4, -0.2) is 66.2 Å². The molecule has 2 heterocycles. The molecule has 0 spiro atoms. The number of urea groups is 1. The Morgan fingerprint density at radius 2 is 1.82 bits per heavy atom. The molecule has 0 unspecified atom stereocenters. The summed E-state index contributed by atoms with van der Waals surface area (Å²) in [5, 5.41) is 6.79. The minimum absolute atomic E-state index is 0.222. The molecule has 1 fully saturated rings. The highest BCUT2D eigenvalue weighted by atomic mass is 32.1. The maximum atomic E-state index is 12.3. The number of benzene rings is 2.